The minimum Gasteiger partial charge on any atom is -0.345 e. The predicted octanol–water partition coefficient (Wildman–Crippen LogP) is 1.39. The number of carbonyl (C=O) groups excluding carboxylic acids is 3. The van der Waals surface area contributed by atoms with Crippen LogP contribution in [0.1, 0.15) is 20.8 Å². The molecule has 0 spiro atoms. The van der Waals surface area contributed by atoms with E-state index in [2.05, 4.69) is 32.1 Å². The predicted molar refractivity (Wildman–Crippen MR) is 95.2 cm³/mol. The highest BCUT2D eigenvalue weighted by Gasteiger charge is 2.21. The molecular weight excluding hydrogens is 390 g/mol. The van der Waals surface area contributed by atoms with Gasteiger partial charge in [0.1, 0.15) is 5.69 Å². The van der Waals surface area contributed by atoms with Crippen LogP contribution in [0.3, 0.4) is 0 Å². The van der Waals surface area contributed by atoms with Crippen molar-refractivity contribution in [3.63, 3.8) is 0 Å². The van der Waals surface area contributed by atoms with E-state index in [1.807, 2.05) is 0 Å². The molecule has 0 radical (unpaired) electrons. The van der Waals surface area contributed by atoms with Crippen LogP contribution in [-0.2, 0) is 7.05 Å². The molecule has 4 amide bonds. The van der Waals surface area contributed by atoms with Crippen molar-refractivity contribution in [2.45, 2.75) is 0 Å². The molecule has 2 heterocycles. The summed E-state index contributed by atoms with van der Waals surface area (Å²) in [5.41, 5.74) is 6.23. The molecule has 1 fully saturated rings. The summed E-state index contributed by atoms with van der Waals surface area (Å²) in [7, 11) is 1.73. The van der Waals surface area contributed by atoms with Gasteiger partial charge in [0.25, 0.3) is 11.8 Å². The molecule has 130 valence electrons. The van der Waals surface area contributed by atoms with Gasteiger partial charge >= 0.3 is 6.03 Å². The number of hydrogen-bond acceptors (Lipinski definition) is 3. The Morgan fingerprint density at radius 1 is 1.16 bits per heavy atom. The summed E-state index contributed by atoms with van der Waals surface area (Å²) in [6.07, 6.45) is 1.74. The third kappa shape index (κ3) is 3.66. The van der Waals surface area contributed by atoms with Gasteiger partial charge < -0.3 is 9.88 Å². The summed E-state index contributed by atoms with van der Waals surface area (Å²) in [5.74, 6) is -0.869. The van der Waals surface area contributed by atoms with Crippen molar-refractivity contribution in [3.05, 3.63) is 52.3 Å². The Bertz CT molecular complexity index is 831. The monoisotopic (exact) mass is 405 g/mol. The van der Waals surface area contributed by atoms with Crippen LogP contribution in [0, 0.1) is 0 Å². The Hall–Kier alpha value is -2.81. The van der Waals surface area contributed by atoms with E-state index in [1.54, 1.807) is 53.0 Å². The van der Waals surface area contributed by atoms with Gasteiger partial charge in [0.2, 0.25) is 0 Å². The fraction of sp³-hybridized carbons (Fsp3) is 0.188. The average molecular weight is 406 g/mol. The normalized spacial score (nSPS) is 13.5. The van der Waals surface area contributed by atoms with Gasteiger partial charge in [-0.3, -0.25) is 25.3 Å². The SMILES string of the molecule is Cn1cc(Br)cc1C(=O)NNC(=O)c1ccc(N2CCNC2=O)cc1. The summed E-state index contributed by atoms with van der Waals surface area (Å²) >= 11 is 3.29. The van der Waals surface area contributed by atoms with Crippen LogP contribution < -0.4 is 21.1 Å². The number of hydrogen-bond donors (Lipinski definition) is 3. The number of carbonyl (C=O) groups is 3. The topological polar surface area (TPSA) is 95.5 Å². The summed E-state index contributed by atoms with van der Waals surface area (Å²) in [6, 6.07) is 8.07. The van der Waals surface area contributed by atoms with Crippen molar-refractivity contribution in [1.29, 1.82) is 0 Å². The lowest BCUT2D eigenvalue weighted by molar-refractivity contribution is 0.0842. The molecule has 1 aromatic heterocycles. The molecular formula is C16H16BrN5O3. The maximum absolute atomic E-state index is 12.1. The lowest BCUT2D eigenvalue weighted by Gasteiger charge is -2.14. The second-order valence-electron chi connectivity index (χ2n) is 5.49. The van der Waals surface area contributed by atoms with Gasteiger partial charge in [-0.25, -0.2) is 4.79 Å². The molecule has 0 aliphatic carbocycles. The number of nitrogens with zero attached hydrogens (tertiary/aromatic N) is 2. The molecule has 0 unspecified atom stereocenters. The molecule has 2 aromatic rings. The minimum absolute atomic E-state index is 0.154. The van der Waals surface area contributed by atoms with Gasteiger partial charge in [-0.2, -0.15) is 0 Å². The summed E-state index contributed by atoms with van der Waals surface area (Å²) in [5, 5.41) is 2.71. The molecule has 1 aliphatic heterocycles. The molecule has 8 nitrogen and oxygen atoms in total. The van der Waals surface area contributed by atoms with Gasteiger partial charge in [0.05, 0.1) is 0 Å². The number of aromatic nitrogens is 1. The van der Waals surface area contributed by atoms with Gasteiger partial charge in [0.15, 0.2) is 0 Å². The first-order valence-electron chi connectivity index (χ1n) is 7.53. The molecule has 0 atom stereocenters. The molecule has 9 heteroatoms. The number of aryl methyl sites for hydroxylation is 1. The fourth-order valence-electron chi connectivity index (χ4n) is 2.51. The van der Waals surface area contributed by atoms with E-state index < -0.39 is 11.8 Å². The van der Waals surface area contributed by atoms with Crippen molar-refractivity contribution in [2.75, 3.05) is 18.0 Å². The van der Waals surface area contributed by atoms with Crippen molar-refractivity contribution >= 4 is 39.5 Å². The molecule has 0 bridgehead atoms. The molecule has 1 aliphatic rings. The maximum atomic E-state index is 12.1. The van der Waals surface area contributed by atoms with E-state index in [9.17, 15) is 14.4 Å². The Balaban J connectivity index is 1.60. The lowest BCUT2D eigenvalue weighted by atomic mass is 10.2. The standard InChI is InChI=1S/C16H16BrN5O3/c1-21-9-11(17)8-13(21)15(24)20-19-14(23)10-2-4-12(5-3-10)22-7-6-18-16(22)25/h2-5,8-9H,6-7H2,1H3,(H,18,25)(H,19,23)(H,20,24). The second kappa shape index (κ2) is 6.98. The molecule has 3 rings (SSSR count). The third-order valence-corrected chi connectivity index (χ3v) is 4.23. The first kappa shape index (κ1) is 17.0. The van der Waals surface area contributed by atoms with Crippen molar-refractivity contribution < 1.29 is 14.4 Å². The van der Waals surface area contributed by atoms with Crippen LogP contribution in [0.5, 0.6) is 0 Å². The number of hydrazine groups is 1. The number of urea groups is 1. The smallest absolute Gasteiger partial charge is 0.321 e. The first-order valence-corrected chi connectivity index (χ1v) is 8.33. The van der Waals surface area contributed by atoms with Crippen LogP contribution in [0.2, 0.25) is 0 Å². The molecule has 25 heavy (non-hydrogen) atoms. The molecule has 0 saturated carbocycles. The highest BCUT2D eigenvalue weighted by Crippen LogP contribution is 2.17. The zero-order valence-corrected chi connectivity index (χ0v) is 15.0. The lowest BCUT2D eigenvalue weighted by Crippen LogP contribution is -2.42. The van der Waals surface area contributed by atoms with E-state index in [-0.39, 0.29) is 6.03 Å². The van der Waals surface area contributed by atoms with Gasteiger partial charge in [0, 0.05) is 42.1 Å². The highest BCUT2D eigenvalue weighted by atomic mass is 79.9. The zero-order valence-electron chi connectivity index (χ0n) is 13.4. The maximum Gasteiger partial charge on any atom is 0.321 e. The molecule has 1 aromatic carbocycles. The molecule has 1 saturated heterocycles. The van der Waals surface area contributed by atoms with Crippen LogP contribution in [-0.4, -0.2) is 35.5 Å². The van der Waals surface area contributed by atoms with Crippen molar-refractivity contribution in [1.82, 2.24) is 20.7 Å². The zero-order chi connectivity index (χ0) is 18.0. The number of amides is 4. The van der Waals surface area contributed by atoms with Crippen LogP contribution in [0.25, 0.3) is 0 Å². The van der Waals surface area contributed by atoms with Crippen LogP contribution in [0.4, 0.5) is 10.5 Å². The van der Waals surface area contributed by atoms with E-state index in [0.29, 0.717) is 30.0 Å². The van der Waals surface area contributed by atoms with Crippen molar-refractivity contribution in [3.8, 4) is 0 Å². The van der Waals surface area contributed by atoms with Crippen LogP contribution >= 0.6 is 15.9 Å². The first-order chi connectivity index (χ1) is 12.0. The Kier molecular flexibility index (Phi) is 4.75. The Labute approximate surface area is 152 Å². The van der Waals surface area contributed by atoms with E-state index >= 15 is 0 Å². The van der Waals surface area contributed by atoms with Gasteiger partial charge in [-0.1, -0.05) is 0 Å². The van der Waals surface area contributed by atoms with Gasteiger partial charge in [-0.15, -0.1) is 0 Å². The van der Waals surface area contributed by atoms with E-state index in [1.165, 1.54) is 0 Å². The highest BCUT2D eigenvalue weighted by molar-refractivity contribution is 9.10. The van der Waals surface area contributed by atoms with Crippen LogP contribution in [0.15, 0.2) is 41.0 Å². The van der Waals surface area contributed by atoms with Crippen molar-refractivity contribution in [2.24, 2.45) is 7.05 Å². The second-order valence-corrected chi connectivity index (χ2v) is 6.41. The van der Waals surface area contributed by atoms with Gasteiger partial charge in [-0.05, 0) is 46.3 Å². The largest absolute Gasteiger partial charge is 0.345 e. The quantitative estimate of drug-likeness (QED) is 0.673. The number of halogens is 1. The number of benzene rings is 1. The summed E-state index contributed by atoms with van der Waals surface area (Å²) < 4.78 is 2.41. The Morgan fingerprint density at radius 3 is 2.40 bits per heavy atom. The fourth-order valence-corrected chi connectivity index (χ4v) is 3.03. The minimum atomic E-state index is -0.445. The number of nitrogens with one attached hydrogen (secondary N) is 3. The average Bonchev–Trinajstić information content (AvgIpc) is 3.17. The number of anilines is 1. The summed E-state index contributed by atoms with van der Waals surface area (Å²) in [6.45, 7) is 1.19. The summed E-state index contributed by atoms with van der Waals surface area (Å²) in [4.78, 5) is 37.4. The number of rotatable bonds is 3. The Morgan fingerprint density at radius 2 is 1.84 bits per heavy atom. The molecule has 3 N–H and O–H groups in total. The van der Waals surface area contributed by atoms with E-state index in [4.69, 9.17) is 0 Å². The third-order valence-electron chi connectivity index (χ3n) is 3.79. The van der Waals surface area contributed by atoms with E-state index in [0.717, 1.165) is 4.47 Å².